The highest BCUT2D eigenvalue weighted by Gasteiger charge is 2.48. The summed E-state index contributed by atoms with van der Waals surface area (Å²) in [5.41, 5.74) is 1.83. The Morgan fingerprint density at radius 2 is 1.80 bits per heavy atom. The zero-order valence-electron chi connectivity index (χ0n) is 16.3. The van der Waals surface area contributed by atoms with Crippen molar-refractivity contribution in [3.8, 4) is 5.75 Å². The Labute approximate surface area is 185 Å². The highest BCUT2D eigenvalue weighted by Crippen LogP contribution is 2.39. The molecule has 9 heteroatoms. The molecule has 0 radical (unpaired) electrons. The molecule has 0 aliphatic carbocycles. The lowest BCUT2D eigenvalue weighted by atomic mass is 10.1. The third-order valence-electron chi connectivity index (χ3n) is 5.18. The Balaban J connectivity index is 1.55. The average molecular weight is 465 g/mol. The predicted octanol–water partition coefficient (Wildman–Crippen LogP) is 3.19. The smallest absolute Gasteiger partial charge is 0.252 e. The Bertz CT molecular complexity index is 1070. The first-order chi connectivity index (χ1) is 14.3. The van der Waals surface area contributed by atoms with E-state index >= 15 is 0 Å². The van der Waals surface area contributed by atoms with E-state index in [0.29, 0.717) is 16.7 Å². The topological polar surface area (TPSA) is 76.0 Å². The summed E-state index contributed by atoms with van der Waals surface area (Å²) in [6.45, 7) is 0.487. The van der Waals surface area contributed by atoms with Crippen LogP contribution in [0.4, 0.5) is 0 Å². The Morgan fingerprint density at radius 3 is 2.47 bits per heavy atom. The van der Waals surface area contributed by atoms with Crippen LogP contribution in [0.1, 0.15) is 11.1 Å². The number of fused-ring (bicyclic) bond motifs is 1. The van der Waals surface area contributed by atoms with Crippen LogP contribution < -0.4 is 4.74 Å². The minimum atomic E-state index is -3.08. The molecule has 2 aromatic rings. The van der Waals surface area contributed by atoms with Crippen molar-refractivity contribution in [3.63, 3.8) is 0 Å². The number of carbonyl (C=O) groups excluding carboxylic acids is 1. The van der Waals surface area contributed by atoms with Crippen LogP contribution >= 0.6 is 23.4 Å². The van der Waals surface area contributed by atoms with Crippen LogP contribution in [0.3, 0.4) is 0 Å². The molecule has 2 heterocycles. The maximum atomic E-state index is 12.6. The first-order valence-corrected chi connectivity index (χ1v) is 12.5. The zero-order chi connectivity index (χ0) is 21.3. The second-order valence-electron chi connectivity index (χ2n) is 7.37. The molecule has 1 amide bonds. The van der Waals surface area contributed by atoms with E-state index < -0.39 is 9.84 Å². The first-order valence-electron chi connectivity index (χ1n) is 9.45. The number of amidine groups is 1. The van der Waals surface area contributed by atoms with Crippen LogP contribution in [0.15, 0.2) is 53.5 Å². The molecular weight excluding hydrogens is 444 g/mol. The number of aliphatic imine (C=N–C) groups is 1. The zero-order valence-corrected chi connectivity index (χ0v) is 18.7. The van der Waals surface area contributed by atoms with Gasteiger partial charge in [-0.3, -0.25) is 4.79 Å². The Hall–Kier alpha value is -2.03. The van der Waals surface area contributed by atoms with Gasteiger partial charge in [0, 0.05) is 16.8 Å². The molecule has 158 valence electrons. The van der Waals surface area contributed by atoms with Gasteiger partial charge in [-0.1, -0.05) is 47.6 Å². The predicted molar refractivity (Wildman–Crippen MR) is 120 cm³/mol. The van der Waals surface area contributed by atoms with Gasteiger partial charge in [-0.15, -0.1) is 0 Å². The van der Waals surface area contributed by atoms with Gasteiger partial charge in [0.1, 0.15) is 5.75 Å². The van der Waals surface area contributed by atoms with Crippen LogP contribution in [0, 0.1) is 0 Å². The molecule has 0 unspecified atom stereocenters. The van der Waals surface area contributed by atoms with Gasteiger partial charge in [-0.05, 0) is 35.4 Å². The molecule has 2 aliphatic rings. The molecule has 0 spiro atoms. The minimum absolute atomic E-state index is 0.0885. The standard InChI is InChI=1S/C21H21ClN2O4S2/c1-28-17-8-4-15(5-9-17)11-24-18-12-30(26,27)13-19(18)29-21(24)23-20(25)10-14-2-6-16(22)7-3-14/h2-9,18-19H,10-13H2,1H3/t18-,19-/m1/s1. The van der Waals surface area contributed by atoms with Gasteiger partial charge >= 0.3 is 0 Å². The number of ether oxygens (including phenoxy) is 1. The normalized spacial score (nSPS) is 23.5. The molecule has 0 N–H and O–H groups in total. The van der Waals surface area contributed by atoms with Crippen molar-refractivity contribution in [3.05, 3.63) is 64.7 Å². The van der Waals surface area contributed by atoms with E-state index in [2.05, 4.69) is 4.99 Å². The number of thioether (sulfide) groups is 1. The van der Waals surface area contributed by atoms with Gasteiger partial charge < -0.3 is 9.64 Å². The molecule has 2 fully saturated rings. The molecule has 4 rings (SSSR count). The van der Waals surface area contributed by atoms with Crippen molar-refractivity contribution < 1.29 is 17.9 Å². The lowest BCUT2D eigenvalue weighted by Crippen LogP contribution is -2.37. The first kappa shape index (κ1) is 21.2. The van der Waals surface area contributed by atoms with Crippen molar-refractivity contribution >= 4 is 44.3 Å². The van der Waals surface area contributed by atoms with Crippen molar-refractivity contribution in [2.45, 2.75) is 24.3 Å². The Morgan fingerprint density at radius 1 is 1.13 bits per heavy atom. The molecule has 6 nitrogen and oxygen atoms in total. The Kier molecular flexibility index (Phi) is 6.09. The summed E-state index contributed by atoms with van der Waals surface area (Å²) >= 11 is 7.29. The quantitative estimate of drug-likeness (QED) is 0.676. The number of benzene rings is 2. The van der Waals surface area contributed by atoms with Gasteiger partial charge in [-0.25, -0.2) is 8.42 Å². The van der Waals surface area contributed by atoms with Gasteiger partial charge in [0.05, 0.1) is 31.1 Å². The van der Waals surface area contributed by atoms with Crippen molar-refractivity contribution in [2.75, 3.05) is 18.6 Å². The number of methoxy groups -OCH3 is 1. The number of halogens is 1. The van der Waals surface area contributed by atoms with Gasteiger partial charge in [-0.2, -0.15) is 4.99 Å². The van der Waals surface area contributed by atoms with Gasteiger partial charge in [0.15, 0.2) is 15.0 Å². The summed E-state index contributed by atoms with van der Waals surface area (Å²) in [6.07, 6.45) is 0.172. The van der Waals surface area contributed by atoms with E-state index in [9.17, 15) is 13.2 Å². The van der Waals surface area contributed by atoms with Crippen molar-refractivity contribution in [1.82, 2.24) is 4.90 Å². The highest BCUT2D eigenvalue weighted by atomic mass is 35.5. The minimum Gasteiger partial charge on any atom is -0.497 e. The van der Waals surface area contributed by atoms with Crippen LogP contribution in [0.5, 0.6) is 5.75 Å². The maximum Gasteiger partial charge on any atom is 0.252 e. The van der Waals surface area contributed by atoms with Crippen LogP contribution in [0.2, 0.25) is 5.02 Å². The van der Waals surface area contributed by atoms with Crippen molar-refractivity contribution in [1.29, 1.82) is 0 Å². The third kappa shape index (κ3) is 4.82. The number of carbonyl (C=O) groups is 1. The van der Waals surface area contributed by atoms with Gasteiger partial charge in [0.2, 0.25) is 0 Å². The number of nitrogens with zero attached hydrogens (tertiary/aromatic N) is 2. The SMILES string of the molecule is COc1ccc(CN2C(=NC(=O)Cc3ccc(Cl)cc3)S[C@@H]3CS(=O)(=O)C[C@H]32)cc1. The summed E-state index contributed by atoms with van der Waals surface area (Å²) in [5, 5.41) is 1.11. The van der Waals surface area contributed by atoms with E-state index in [1.165, 1.54) is 11.8 Å². The second kappa shape index (κ2) is 8.61. The molecule has 30 heavy (non-hydrogen) atoms. The summed E-state index contributed by atoms with van der Waals surface area (Å²) in [5.74, 6) is 0.696. The van der Waals surface area contributed by atoms with Crippen LogP contribution in [0.25, 0.3) is 0 Å². The molecule has 0 aromatic heterocycles. The number of amides is 1. The fourth-order valence-electron chi connectivity index (χ4n) is 3.67. The fraction of sp³-hybridized carbons (Fsp3) is 0.333. The molecule has 2 saturated heterocycles. The molecule has 0 saturated carbocycles. The van der Waals surface area contributed by atoms with E-state index in [4.69, 9.17) is 16.3 Å². The lowest BCUT2D eigenvalue weighted by molar-refractivity contribution is -0.117. The molecule has 2 aliphatic heterocycles. The van der Waals surface area contributed by atoms with Crippen molar-refractivity contribution in [2.24, 2.45) is 4.99 Å². The van der Waals surface area contributed by atoms with Crippen LogP contribution in [-0.4, -0.2) is 54.3 Å². The fourth-order valence-corrected chi connectivity index (χ4v) is 7.77. The summed E-state index contributed by atoms with van der Waals surface area (Å²) < 4.78 is 29.5. The highest BCUT2D eigenvalue weighted by molar-refractivity contribution is 8.15. The lowest BCUT2D eigenvalue weighted by Gasteiger charge is -2.24. The summed E-state index contributed by atoms with van der Waals surface area (Å²) in [6, 6.07) is 14.5. The molecule has 2 atom stereocenters. The largest absolute Gasteiger partial charge is 0.497 e. The second-order valence-corrected chi connectivity index (χ2v) is 11.2. The summed E-state index contributed by atoms with van der Waals surface area (Å²) in [7, 11) is -1.47. The monoisotopic (exact) mass is 464 g/mol. The van der Waals surface area contributed by atoms with Gasteiger partial charge in [0.25, 0.3) is 5.91 Å². The van der Waals surface area contributed by atoms with E-state index in [-0.39, 0.29) is 35.1 Å². The van der Waals surface area contributed by atoms with E-state index in [1.807, 2.05) is 29.2 Å². The molecule has 2 aromatic carbocycles. The third-order valence-corrected chi connectivity index (χ3v) is 8.68. The number of sulfone groups is 1. The van der Waals surface area contributed by atoms with Crippen LogP contribution in [-0.2, 0) is 27.6 Å². The number of hydrogen-bond donors (Lipinski definition) is 0. The molecule has 0 bridgehead atoms. The average Bonchev–Trinajstić information content (AvgIpc) is 3.16. The molecular formula is C21H21ClN2O4S2. The number of hydrogen-bond acceptors (Lipinski definition) is 5. The maximum absolute atomic E-state index is 12.6. The van der Waals surface area contributed by atoms with E-state index in [1.54, 1.807) is 31.4 Å². The van der Waals surface area contributed by atoms with E-state index in [0.717, 1.165) is 16.9 Å². The summed E-state index contributed by atoms with van der Waals surface area (Å²) in [4.78, 5) is 18.9. The number of rotatable bonds is 5.